The fourth-order valence-electron chi connectivity index (χ4n) is 1.98. The van der Waals surface area contributed by atoms with Gasteiger partial charge in [0.2, 0.25) is 0 Å². The molecule has 1 aromatic rings. The van der Waals surface area contributed by atoms with E-state index in [9.17, 15) is 8.42 Å². The van der Waals surface area contributed by atoms with Gasteiger partial charge >= 0.3 is 0 Å². The van der Waals surface area contributed by atoms with E-state index in [-0.39, 0.29) is 17.0 Å². The normalized spacial score (nSPS) is 15.2. The molecule has 4 heteroatoms. The summed E-state index contributed by atoms with van der Waals surface area (Å²) >= 11 is 0. The molecule has 0 aromatic heterocycles. The van der Waals surface area contributed by atoms with Crippen LogP contribution in [0.4, 0.5) is 0 Å². The molecule has 108 valence electrons. The van der Waals surface area contributed by atoms with Gasteiger partial charge in [0, 0.05) is 6.04 Å². The van der Waals surface area contributed by atoms with Crippen molar-refractivity contribution in [1.29, 1.82) is 0 Å². The number of nitrogens with one attached hydrogen (secondary N) is 1. The van der Waals surface area contributed by atoms with Crippen LogP contribution < -0.4 is 5.32 Å². The first kappa shape index (κ1) is 16.2. The zero-order valence-corrected chi connectivity index (χ0v) is 13.3. The van der Waals surface area contributed by atoms with Gasteiger partial charge in [-0.3, -0.25) is 0 Å². The molecule has 0 bridgehead atoms. The van der Waals surface area contributed by atoms with Crippen LogP contribution in [0.5, 0.6) is 0 Å². The molecule has 1 aromatic carbocycles. The lowest BCUT2D eigenvalue weighted by molar-refractivity contribution is 0.561. The highest BCUT2D eigenvalue weighted by Gasteiger charge is 2.24. The van der Waals surface area contributed by atoms with Gasteiger partial charge in [-0.15, -0.1) is 0 Å². The van der Waals surface area contributed by atoms with Crippen molar-refractivity contribution in [3.63, 3.8) is 0 Å². The van der Waals surface area contributed by atoms with Crippen molar-refractivity contribution in [3.8, 4) is 0 Å². The van der Waals surface area contributed by atoms with E-state index in [2.05, 4.69) is 25.2 Å². The lowest BCUT2D eigenvalue weighted by Crippen LogP contribution is -2.30. The summed E-state index contributed by atoms with van der Waals surface area (Å²) in [7, 11) is -1.24. The molecule has 0 saturated heterocycles. The minimum atomic E-state index is -3.06. The standard InChI is InChI=1S/C15H25NO2S/c1-6-13(4)19(17,18)10-15(16-5)14-8-7-11(2)12(3)9-14/h7-9,13,15-16H,6,10H2,1-5H3. The molecule has 1 N–H and O–H groups in total. The first-order valence-electron chi connectivity index (χ1n) is 6.77. The summed E-state index contributed by atoms with van der Waals surface area (Å²) in [4.78, 5) is 0. The highest BCUT2D eigenvalue weighted by molar-refractivity contribution is 7.92. The zero-order chi connectivity index (χ0) is 14.6. The van der Waals surface area contributed by atoms with Crippen LogP contribution in [0.3, 0.4) is 0 Å². The quantitative estimate of drug-likeness (QED) is 0.873. The molecule has 0 radical (unpaired) electrons. The van der Waals surface area contributed by atoms with Crippen molar-refractivity contribution < 1.29 is 8.42 Å². The number of hydrogen-bond donors (Lipinski definition) is 1. The summed E-state index contributed by atoms with van der Waals surface area (Å²) in [6.45, 7) is 7.80. The molecule has 2 atom stereocenters. The van der Waals surface area contributed by atoms with E-state index in [1.165, 1.54) is 11.1 Å². The van der Waals surface area contributed by atoms with Crippen molar-refractivity contribution in [2.45, 2.75) is 45.4 Å². The molecule has 0 fully saturated rings. The lowest BCUT2D eigenvalue weighted by Gasteiger charge is -2.20. The molecule has 0 spiro atoms. The molecule has 2 unspecified atom stereocenters. The highest BCUT2D eigenvalue weighted by Crippen LogP contribution is 2.20. The van der Waals surface area contributed by atoms with Gasteiger partial charge in [-0.2, -0.15) is 0 Å². The summed E-state index contributed by atoms with van der Waals surface area (Å²) in [5.41, 5.74) is 3.46. The van der Waals surface area contributed by atoms with Gasteiger partial charge in [0.25, 0.3) is 0 Å². The number of benzene rings is 1. The lowest BCUT2D eigenvalue weighted by atomic mass is 10.0. The van der Waals surface area contributed by atoms with Gasteiger partial charge in [0.15, 0.2) is 9.84 Å². The van der Waals surface area contributed by atoms with E-state index in [0.29, 0.717) is 6.42 Å². The average molecular weight is 283 g/mol. The van der Waals surface area contributed by atoms with Gasteiger partial charge in [0.1, 0.15) is 0 Å². The van der Waals surface area contributed by atoms with Gasteiger partial charge in [-0.1, -0.05) is 25.1 Å². The van der Waals surface area contributed by atoms with Crippen LogP contribution in [-0.4, -0.2) is 26.5 Å². The van der Waals surface area contributed by atoms with Crippen molar-refractivity contribution in [3.05, 3.63) is 34.9 Å². The monoisotopic (exact) mass is 283 g/mol. The Bertz CT molecular complexity index is 523. The Balaban J connectivity index is 2.99. The Hall–Kier alpha value is -0.870. The number of hydrogen-bond acceptors (Lipinski definition) is 3. The average Bonchev–Trinajstić information content (AvgIpc) is 2.38. The Morgan fingerprint density at radius 3 is 2.32 bits per heavy atom. The van der Waals surface area contributed by atoms with Crippen molar-refractivity contribution in [2.24, 2.45) is 0 Å². The third-order valence-corrected chi connectivity index (χ3v) is 6.23. The largest absolute Gasteiger partial charge is 0.312 e. The molecule has 1 rings (SSSR count). The van der Waals surface area contributed by atoms with Crippen LogP contribution >= 0.6 is 0 Å². The second-order valence-electron chi connectivity index (χ2n) is 5.23. The predicted octanol–water partition coefficient (Wildman–Crippen LogP) is 2.78. The van der Waals surface area contributed by atoms with E-state index in [4.69, 9.17) is 0 Å². The van der Waals surface area contributed by atoms with E-state index in [1.807, 2.05) is 26.1 Å². The first-order valence-corrected chi connectivity index (χ1v) is 8.49. The summed E-state index contributed by atoms with van der Waals surface area (Å²) < 4.78 is 24.4. The van der Waals surface area contributed by atoms with Crippen molar-refractivity contribution in [1.82, 2.24) is 5.32 Å². The molecular formula is C15H25NO2S. The second-order valence-corrected chi connectivity index (χ2v) is 7.70. The molecule has 19 heavy (non-hydrogen) atoms. The van der Waals surface area contributed by atoms with Crippen LogP contribution in [0.2, 0.25) is 0 Å². The molecule has 0 aliphatic heterocycles. The second kappa shape index (κ2) is 6.53. The van der Waals surface area contributed by atoms with E-state index < -0.39 is 9.84 Å². The zero-order valence-electron chi connectivity index (χ0n) is 12.5. The Morgan fingerprint density at radius 2 is 1.84 bits per heavy atom. The molecule has 0 saturated carbocycles. The molecule has 3 nitrogen and oxygen atoms in total. The summed E-state index contributed by atoms with van der Waals surface area (Å²) in [5.74, 6) is 0.154. The molecular weight excluding hydrogens is 258 g/mol. The summed E-state index contributed by atoms with van der Waals surface area (Å²) in [6, 6.07) is 5.99. The Labute approximate surface area is 117 Å². The minimum Gasteiger partial charge on any atom is -0.312 e. The highest BCUT2D eigenvalue weighted by atomic mass is 32.2. The molecule has 0 heterocycles. The fraction of sp³-hybridized carbons (Fsp3) is 0.600. The topological polar surface area (TPSA) is 46.2 Å². The van der Waals surface area contributed by atoms with Gasteiger partial charge < -0.3 is 5.32 Å². The van der Waals surface area contributed by atoms with Gasteiger partial charge in [0.05, 0.1) is 11.0 Å². The van der Waals surface area contributed by atoms with E-state index in [1.54, 1.807) is 6.92 Å². The fourth-order valence-corrected chi connectivity index (χ4v) is 3.64. The van der Waals surface area contributed by atoms with E-state index in [0.717, 1.165) is 5.56 Å². The third-order valence-electron chi connectivity index (χ3n) is 3.87. The molecule has 0 aliphatic carbocycles. The number of sulfone groups is 1. The van der Waals surface area contributed by atoms with Gasteiger partial charge in [-0.25, -0.2) is 8.42 Å². The Kier molecular flexibility index (Phi) is 5.56. The van der Waals surface area contributed by atoms with Crippen LogP contribution in [0.15, 0.2) is 18.2 Å². The van der Waals surface area contributed by atoms with Crippen LogP contribution in [0.25, 0.3) is 0 Å². The van der Waals surface area contributed by atoms with Crippen molar-refractivity contribution >= 4 is 9.84 Å². The third kappa shape index (κ3) is 4.05. The SMILES string of the molecule is CCC(C)S(=O)(=O)CC(NC)c1ccc(C)c(C)c1. The number of aryl methyl sites for hydroxylation is 2. The number of rotatable bonds is 6. The van der Waals surface area contributed by atoms with Gasteiger partial charge in [-0.05, 0) is 50.9 Å². The first-order chi connectivity index (χ1) is 8.81. The maximum atomic E-state index is 12.2. The molecule has 0 amide bonds. The van der Waals surface area contributed by atoms with E-state index >= 15 is 0 Å². The minimum absolute atomic E-state index is 0.140. The predicted molar refractivity (Wildman–Crippen MR) is 81.3 cm³/mol. The molecule has 0 aliphatic rings. The maximum absolute atomic E-state index is 12.2. The van der Waals surface area contributed by atoms with Crippen molar-refractivity contribution in [2.75, 3.05) is 12.8 Å². The van der Waals surface area contributed by atoms with Crippen LogP contribution in [0.1, 0.15) is 43.0 Å². The Morgan fingerprint density at radius 1 is 1.21 bits per heavy atom. The summed E-state index contributed by atoms with van der Waals surface area (Å²) in [6.07, 6.45) is 0.658. The van der Waals surface area contributed by atoms with Crippen LogP contribution in [0, 0.1) is 13.8 Å². The maximum Gasteiger partial charge on any atom is 0.154 e. The smallest absolute Gasteiger partial charge is 0.154 e. The van der Waals surface area contributed by atoms with Crippen LogP contribution in [-0.2, 0) is 9.84 Å². The summed E-state index contributed by atoms with van der Waals surface area (Å²) in [5, 5.41) is 2.84.